The van der Waals surface area contributed by atoms with Crippen LogP contribution in [0.25, 0.3) is 0 Å². The van der Waals surface area contributed by atoms with E-state index in [0.29, 0.717) is 17.1 Å². The van der Waals surface area contributed by atoms with Crippen LogP contribution in [0.4, 0.5) is 5.69 Å². The average Bonchev–Trinajstić information content (AvgIpc) is 2.94. The van der Waals surface area contributed by atoms with E-state index in [1.54, 1.807) is 11.8 Å². The second kappa shape index (κ2) is 7.11. The van der Waals surface area contributed by atoms with Gasteiger partial charge in [0, 0.05) is 10.3 Å². The van der Waals surface area contributed by atoms with Crippen molar-refractivity contribution in [1.29, 1.82) is 5.26 Å². The number of aromatic carboxylic acids is 1. The Bertz CT molecular complexity index is 692. The summed E-state index contributed by atoms with van der Waals surface area (Å²) in [7, 11) is 0. The number of rotatable bonds is 6. The number of nitrogens with zero attached hydrogens (tertiary/aromatic N) is 2. The Labute approximate surface area is 130 Å². The van der Waals surface area contributed by atoms with Crippen molar-refractivity contribution in [3.63, 3.8) is 0 Å². The Morgan fingerprint density at radius 2 is 2.38 bits per heavy atom. The molecule has 2 N–H and O–H groups in total. The number of carboxylic acid groups (broad SMARTS) is 1. The summed E-state index contributed by atoms with van der Waals surface area (Å²) >= 11 is 2.90. The fourth-order valence-electron chi connectivity index (χ4n) is 1.73. The molecule has 0 saturated carbocycles. The molecule has 1 aromatic heterocycles. The van der Waals surface area contributed by atoms with Gasteiger partial charge in [0.25, 0.3) is 0 Å². The fraction of sp³-hybridized carbons (Fsp3) is 0.214. The number of thioether (sulfide) groups is 1. The number of anilines is 1. The van der Waals surface area contributed by atoms with Crippen molar-refractivity contribution in [3.8, 4) is 6.07 Å². The van der Waals surface area contributed by atoms with Crippen LogP contribution in [0.2, 0.25) is 0 Å². The van der Waals surface area contributed by atoms with E-state index in [1.807, 2.05) is 25.1 Å². The number of hydrogen-bond donors (Lipinski definition) is 2. The molecule has 108 valence electrons. The van der Waals surface area contributed by atoms with E-state index in [2.05, 4.69) is 16.4 Å². The number of nitrogens with one attached hydrogen (secondary N) is 1. The Hall–Kier alpha value is -2.04. The predicted molar refractivity (Wildman–Crippen MR) is 84.0 cm³/mol. The van der Waals surface area contributed by atoms with Crippen molar-refractivity contribution in [1.82, 2.24) is 4.98 Å². The minimum atomic E-state index is -1.03. The van der Waals surface area contributed by atoms with Crippen molar-refractivity contribution in [2.75, 3.05) is 11.1 Å². The summed E-state index contributed by atoms with van der Waals surface area (Å²) in [6.07, 6.45) is 0. The summed E-state index contributed by atoms with van der Waals surface area (Å²) in [6, 6.07) is 7.87. The van der Waals surface area contributed by atoms with E-state index in [-0.39, 0.29) is 5.69 Å². The standard InChI is InChI=1S/C14H13N3O2S2/c1-2-20-12-5-3-4-10(9(12)6-15)16-7-13-17-11(8-21-13)14(18)19/h3-5,8,16H,2,7H2,1H3,(H,18,19). The molecule has 0 spiro atoms. The van der Waals surface area contributed by atoms with Crippen molar-refractivity contribution in [3.05, 3.63) is 39.8 Å². The first-order chi connectivity index (χ1) is 10.2. The molecule has 0 saturated heterocycles. The molecule has 5 nitrogen and oxygen atoms in total. The van der Waals surface area contributed by atoms with E-state index in [9.17, 15) is 10.1 Å². The van der Waals surface area contributed by atoms with Gasteiger partial charge in [0.2, 0.25) is 0 Å². The predicted octanol–water partition coefficient (Wildman–Crippen LogP) is 3.44. The zero-order valence-corrected chi connectivity index (χ0v) is 12.9. The highest BCUT2D eigenvalue weighted by Crippen LogP contribution is 2.28. The van der Waals surface area contributed by atoms with Gasteiger partial charge in [0.1, 0.15) is 11.1 Å². The van der Waals surface area contributed by atoms with Crippen molar-refractivity contribution in [2.45, 2.75) is 18.4 Å². The lowest BCUT2D eigenvalue weighted by Gasteiger charge is -2.09. The SMILES string of the molecule is CCSc1cccc(NCc2nc(C(=O)O)cs2)c1C#N. The van der Waals surface area contributed by atoms with E-state index < -0.39 is 5.97 Å². The van der Waals surface area contributed by atoms with Gasteiger partial charge in [-0.1, -0.05) is 13.0 Å². The molecule has 1 aromatic carbocycles. The van der Waals surface area contributed by atoms with Crippen LogP contribution in [0.15, 0.2) is 28.5 Å². The van der Waals surface area contributed by atoms with Crippen LogP contribution in [0.5, 0.6) is 0 Å². The lowest BCUT2D eigenvalue weighted by atomic mass is 10.2. The number of carbonyl (C=O) groups is 1. The van der Waals surface area contributed by atoms with Crippen LogP contribution < -0.4 is 5.32 Å². The van der Waals surface area contributed by atoms with Gasteiger partial charge in [-0.15, -0.1) is 23.1 Å². The molecule has 0 unspecified atom stereocenters. The van der Waals surface area contributed by atoms with Crippen molar-refractivity contribution in [2.24, 2.45) is 0 Å². The van der Waals surface area contributed by atoms with Gasteiger partial charge in [-0.2, -0.15) is 5.26 Å². The van der Waals surface area contributed by atoms with Gasteiger partial charge in [-0.3, -0.25) is 0 Å². The molecule has 0 radical (unpaired) electrons. The van der Waals surface area contributed by atoms with E-state index in [0.717, 1.165) is 16.3 Å². The summed E-state index contributed by atoms with van der Waals surface area (Å²) in [5, 5.41) is 23.5. The molecule has 2 rings (SSSR count). The summed E-state index contributed by atoms with van der Waals surface area (Å²) < 4.78 is 0. The molecule has 0 fully saturated rings. The second-order valence-electron chi connectivity index (χ2n) is 4.01. The maximum atomic E-state index is 10.8. The van der Waals surface area contributed by atoms with Gasteiger partial charge in [0.15, 0.2) is 5.69 Å². The molecule has 2 aromatic rings. The Kier molecular flexibility index (Phi) is 5.20. The summed E-state index contributed by atoms with van der Waals surface area (Å²) in [5.74, 6) is -0.136. The number of thiazole rings is 1. The Balaban J connectivity index is 2.14. The largest absolute Gasteiger partial charge is 0.476 e. The molecule has 0 aliphatic carbocycles. The van der Waals surface area contributed by atoms with Crippen molar-refractivity contribution < 1.29 is 9.90 Å². The highest BCUT2D eigenvalue weighted by molar-refractivity contribution is 7.99. The van der Waals surface area contributed by atoms with Crippen LogP contribution in [-0.4, -0.2) is 21.8 Å². The molecule has 0 amide bonds. The van der Waals surface area contributed by atoms with Crippen LogP contribution >= 0.6 is 23.1 Å². The van der Waals surface area contributed by atoms with E-state index in [1.165, 1.54) is 16.7 Å². The monoisotopic (exact) mass is 319 g/mol. The molecule has 0 aliphatic rings. The highest BCUT2D eigenvalue weighted by atomic mass is 32.2. The molecule has 21 heavy (non-hydrogen) atoms. The fourth-order valence-corrected chi connectivity index (χ4v) is 3.22. The Morgan fingerprint density at radius 1 is 1.57 bits per heavy atom. The first-order valence-electron chi connectivity index (χ1n) is 6.23. The normalized spacial score (nSPS) is 10.1. The van der Waals surface area contributed by atoms with Crippen LogP contribution in [0, 0.1) is 11.3 Å². The molecule has 0 bridgehead atoms. The average molecular weight is 319 g/mol. The molecule has 0 aliphatic heterocycles. The van der Waals surface area contributed by atoms with Crippen LogP contribution in [0.1, 0.15) is 28.0 Å². The second-order valence-corrected chi connectivity index (χ2v) is 6.26. The topological polar surface area (TPSA) is 86.0 Å². The minimum absolute atomic E-state index is 0.0487. The summed E-state index contributed by atoms with van der Waals surface area (Å²) in [6.45, 7) is 2.43. The maximum Gasteiger partial charge on any atom is 0.355 e. The van der Waals surface area contributed by atoms with Gasteiger partial charge in [0.05, 0.1) is 17.8 Å². The number of hydrogen-bond acceptors (Lipinski definition) is 6. The van der Waals surface area contributed by atoms with Gasteiger partial charge >= 0.3 is 5.97 Å². The third-order valence-electron chi connectivity index (χ3n) is 2.64. The number of aromatic nitrogens is 1. The van der Waals surface area contributed by atoms with Gasteiger partial charge in [-0.25, -0.2) is 9.78 Å². The zero-order valence-electron chi connectivity index (χ0n) is 11.3. The van der Waals surface area contributed by atoms with Gasteiger partial charge in [-0.05, 0) is 17.9 Å². The quantitative estimate of drug-likeness (QED) is 0.793. The van der Waals surface area contributed by atoms with Crippen molar-refractivity contribution >= 4 is 34.8 Å². The van der Waals surface area contributed by atoms with Gasteiger partial charge < -0.3 is 10.4 Å². The molecular formula is C14H13N3O2S2. The lowest BCUT2D eigenvalue weighted by molar-refractivity contribution is 0.0691. The number of nitriles is 1. The lowest BCUT2D eigenvalue weighted by Crippen LogP contribution is -2.03. The third-order valence-corrected chi connectivity index (χ3v) is 4.43. The first-order valence-corrected chi connectivity index (χ1v) is 8.09. The zero-order chi connectivity index (χ0) is 15.2. The van der Waals surface area contributed by atoms with Crippen LogP contribution in [-0.2, 0) is 6.54 Å². The van der Waals surface area contributed by atoms with Crippen LogP contribution in [0.3, 0.4) is 0 Å². The summed E-state index contributed by atoms with van der Waals surface area (Å²) in [4.78, 5) is 15.7. The van der Waals surface area contributed by atoms with E-state index >= 15 is 0 Å². The molecule has 1 heterocycles. The smallest absolute Gasteiger partial charge is 0.355 e. The third kappa shape index (κ3) is 3.74. The maximum absolute atomic E-state index is 10.8. The highest BCUT2D eigenvalue weighted by Gasteiger charge is 2.11. The summed E-state index contributed by atoms with van der Waals surface area (Å²) in [5.41, 5.74) is 1.40. The first kappa shape index (κ1) is 15.4. The molecular weight excluding hydrogens is 306 g/mol. The minimum Gasteiger partial charge on any atom is -0.476 e. The number of benzene rings is 1. The van der Waals surface area contributed by atoms with E-state index in [4.69, 9.17) is 5.11 Å². The molecule has 0 atom stereocenters. The molecule has 7 heteroatoms. The number of carboxylic acids is 1. The Morgan fingerprint density at radius 3 is 3.00 bits per heavy atom.